The SMILES string of the molecule is COC(=O)[C@]12CC[C@](C)(C(=O)O)C[C@H]1C1=CC[C@@H]3[C@@]4(C)C[C@H](OC(C)=O)[C@H](OC(C)=O)[C@@](C)(COC(C)=O)[C@@H]4CC[C@@]3(C)[C@]1(C)CC2. The van der Waals surface area contributed by atoms with Crippen molar-refractivity contribution >= 4 is 29.8 Å². The number of carbonyl (C=O) groups excluding carboxylic acids is 4. The summed E-state index contributed by atoms with van der Waals surface area (Å²) >= 11 is 0. The van der Waals surface area contributed by atoms with E-state index < -0.39 is 57.7 Å². The molecule has 10 nitrogen and oxygen atoms in total. The zero-order valence-electron chi connectivity index (χ0n) is 29.7. The van der Waals surface area contributed by atoms with E-state index in [-0.39, 0.29) is 41.2 Å². The zero-order chi connectivity index (χ0) is 35.0. The molecule has 0 aromatic rings. The molecule has 11 atom stereocenters. The van der Waals surface area contributed by atoms with Gasteiger partial charge in [-0.1, -0.05) is 39.3 Å². The average Bonchev–Trinajstić information content (AvgIpc) is 2.97. The van der Waals surface area contributed by atoms with E-state index in [4.69, 9.17) is 18.9 Å². The maximum Gasteiger partial charge on any atom is 0.312 e. The Morgan fingerprint density at radius 3 is 2.04 bits per heavy atom. The van der Waals surface area contributed by atoms with Crippen molar-refractivity contribution in [2.45, 2.75) is 125 Å². The number of methoxy groups -OCH3 is 1. The van der Waals surface area contributed by atoms with Crippen LogP contribution in [0.2, 0.25) is 0 Å². The van der Waals surface area contributed by atoms with Gasteiger partial charge in [-0.15, -0.1) is 0 Å². The fourth-order valence-electron chi connectivity index (χ4n) is 11.9. The first-order chi connectivity index (χ1) is 21.7. The van der Waals surface area contributed by atoms with Crippen molar-refractivity contribution in [3.05, 3.63) is 11.6 Å². The van der Waals surface area contributed by atoms with E-state index in [0.29, 0.717) is 38.5 Å². The van der Waals surface area contributed by atoms with Crippen LogP contribution < -0.4 is 0 Å². The largest absolute Gasteiger partial charge is 0.481 e. The number of hydrogen-bond acceptors (Lipinski definition) is 9. The number of ether oxygens (including phenoxy) is 4. The number of carbonyl (C=O) groups is 5. The van der Waals surface area contributed by atoms with E-state index in [1.807, 2.05) is 13.8 Å². The van der Waals surface area contributed by atoms with E-state index in [0.717, 1.165) is 19.3 Å². The summed E-state index contributed by atoms with van der Waals surface area (Å²) in [6, 6.07) is 0. The Morgan fingerprint density at radius 2 is 1.47 bits per heavy atom. The van der Waals surface area contributed by atoms with Crippen LogP contribution in [0.4, 0.5) is 0 Å². The lowest BCUT2D eigenvalue weighted by atomic mass is 9.33. The Balaban J connectivity index is 1.63. The number of carboxylic acid groups (broad SMARTS) is 1. The third-order valence-corrected chi connectivity index (χ3v) is 14.4. The lowest BCUT2D eigenvalue weighted by molar-refractivity contribution is -0.256. The Bertz CT molecular complexity index is 1390. The molecule has 10 heteroatoms. The van der Waals surface area contributed by atoms with Gasteiger partial charge in [0.1, 0.15) is 18.8 Å². The van der Waals surface area contributed by atoms with E-state index in [9.17, 15) is 29.1 Å². The molecule has 0 spiro atoms. The molecule has 0 aliphatic heterocycles. The molecule has 47 heavy (non-hydrogen) atoms. The highest BCUT2D eigenvalue weighted by Gasteiger charge is 2.72. The molecular formula is C37H54O10. The highest BCUT2D eigenvalue weighted by molar-refractivity contribution is 5.80. The van der Waals surface area contributed by atoms with Crippen LogP contribution in [-0.2, 0) is 42.9 Å². The monoisotopic (exact) mass is 658 g/mol. The first-order valence-electron chi connectivity index (χ1n) is 17.2. The number of aliphatic carboxylic acids is 1. The molecule has 5 rings (SSSR count). The van der Waals surface area contributed by atoms with E-state index in [1.165, 1.54) is 33.5 Å². The van der Waals surface area contributed by atoms with Gasteiger partial charge in [0.25, 0.3) is 0 Å². The number of hydrogen-bond donors (Lipinski definition) is 1. The van der Waals surface area contributed by atoms with Crippen molar-refractivity contribution in [2.24, 2.45) is 50.2 Å². The molecule has 1 N–H and O–H groups in total. The van der Waals surface area contributed by atoms with Crippen LogP contribution in [0.25, 0.3) is 0 Å². The van der Waals surface area contributed by atoms with Crippen molar-refractivity contribution in [3.63, 3.8) is 0 Å². The summed E-state index contributed by atoms with van der Waals surface area (Å²) in [7, 11) is 1.43. The quantitative estimate of drug-likeness (QED) is 0.204. The molecular weight excluding hydrogens is 604 g/mol. The van der Waals surface area contributed by atoms with Gasteiger partial charge in [0.15, 0.2) is 0 Å². The van der Waals surface area contributed by atoms with Gasteiger partial charge in [-0.3, -0.25) is 24.0 Å². The second kappa shape index (κ2) is 11.6. The predicted octanol–water partition coefficient (Wildman–Crippen LogP) is 6.04. The van der Waals surface area contributed by atoms with Gasteiger partial charge in [0.2, 0.25) is 0 Å². The molecule has 4 saturated carbocycles. The second-order valence-corrected chi connectivity index (χ2v) is 16.7. The average molecular weight is 659 g/mol. The standard InChI is InChI=1S/C37H54O10/c1-21(38)45-20-34(6)27-12-13-36(8)28(33(27,5)19-26(46-22(2)39)29(34)47-23(3)40)11-10-24-25-18-32(4,30(41)42)14-16-37(25,31(43)44-9)17-15-35(24,36)7/h10,25-29H,11-20H2,1-9H3,(H,41,42)/t25-,26-,27+,28+,29-,32-,33-,34-,35+,36+,37-/m0/s1. The number of rotatable bonds is 6. The Morgan fingerprint density at radius 1 is 0.830 bits per heavy atom. The first-order valence-corrected chi connectivity index (χ1v) is 17.2. The minimum absolute atomic E-state index is 0.0233. The topological polar surface area (TPSA) is 143 Å². The van der Waals surface area contributed by atoms with Crippen LogP contribution in [0, 0.1) is 50.2 Å². The lowest BCUT2D eigenvalue weighted by Gasteiger charge is -2.71. The molecule has 0 aromatic heterocycles. The molecule has 4 fully saturated rings. The van der Waals surface area contributed by atoms with Crippen molar-refractivity contribution in [1.82, 2.24) is 0 Å². The van der Waals surface area contributed by atoms with Crippen molar-refractivity contribution in [3.8, 4) is 0 Å². The van der Waals surface area contributed by atoms with Gasteiger partial charge in [-0.2, -0.15) is 0 Å². The van der Waals surface area contributed by atoms with Gasteiger partial charge in [-0.05, 0) is 98.7 Å². The highest BCUT2D eigenvalue weighted by atomic mass is 16.6. The summed E-state index contributed by atoms with van der Waals surface area (Å²) in [5.74, 6) is -2.60. The number of carboxylic acids is 1. The molecule has 0 bridgehead atoms. The van der Waals surface area contributed by atoms with Crippen LogP contribution in [0.1, 0.15) is 113 Å². The Labute approximate surface area is 278 Å². The molecule has 0 unspecified atom stereocenters. The summed E-state index contributed by atoms with van der Waals surface area (Å²) < 4.78 is 23.0. The van der Waals surface area contributed by atoms with Crippen LogP contribution in [-0.4, -0.2) is 60.9 Å². The summed E-state index contributed by atoms with van der Waals surface area (Å²) in [6.07, 6.45) is 6.30. The third-order valence-electron chi connectivity index (χ3n) is 14.4. The summed E-state index contributed by atoms with van der Waals surface area (Å²) in [5.41, 5.74) is -2.27. The van der Waals surface area contributed by atoms with Crippen LogP contribution in [0.3, 0.4) is 0 Å². The molecule has 262 valence electrons. The third kappa shape index (κ3) is 5.13. The molecule has 0 saturated heterocycles. The minimum Gasteiger partial charge on any atom is -0.481 e. The van der Waals surface area contributed by atoms with Crippen molar-refractivity contribution in [1.29, 1.82) is 0 Å². The molecule has 0 heterocycles. The summed E-state index contributed by atoms with van der Waals surface area (Å²) in [4.78, 5) is 63.2. The molecule has 0 aromatic carbocycles. The molecule has 0 radical (unpaired) electrons. The van der Waals surface area contributed by atoms with E-state index in [1.54, 1.807) is 0 Å². The first kappa shape index (κ1) is 35.4. The maximum absolute atomic E-state index is 13.6. The van der Waals surface area contributed by atoms with E-state index in [2.05, 4.69) is 26.8 Å². The molecule has 5 aliphatic carbocycles. The van der Waals surface area contributed by atoms with Crippen molar-refractivity contribution in [2.75, 3.05) is 13.7 Å². The van der Waals surface area contributed by atoms with Gasteiger partial charge in [0.05, 0.1) is 17.9 Å². The van der Waals surface area contributed by atoms with Gasteiger partial charge < -0.3 is 24.1 Å². The molecule has 0 amide bonds. The van der Waals surface area contributed by atoms with Gasteiger partial charge in [0, 0.05) is 26.2 Å². The highest BCUT2D eigenvalue weighted by Crippen LogP contribution is 2.76. The number of esters is 4. The fraction of sp³-hybridized carbons (Fsp3) is 0.811. The summed E-state index contributed by atoms with van der Waals surface area (Å²) in [5, 5.41) is 10.3. The summed E-state index contributed by atoms with van der Waals surface area (Å²) in [6.45, 7) is 14.8. The minimum atomic E-state index is -0.937. The maximum atomic E-state index is 13.6. The lowest BCUT2D eigenvalue weighted by Crippen LogP contribution is -2.69. The normalized spacial score (nSPS) is 45.4. The number of fused-ring (bicyclic) bond motifs is 7. The fourth-order valence-corrected chi connectivity index (χ4v) is 11.9. The molecule has 5 aliphatic rings. The second-order valence-electron chi connectivity index (χ2n) is 16.7. The smallest absolute Gasteiger partial charge is 0.312 e. The zero-order valence-corrected chi connectivity index (χ0v) is 29.7. The van der Waals surface area contributed by atoms with Crippen LogP contribution in [0.15, 0.2) is 11.6 Å². The van der Waals surface area contributed by atoms with Gasteiger partial charge >= 0.3 is 29.8 Å². The predicted molar refractivity (Wildman–Crippen MR) is 170 cm³/mol. The van der Waals surface area contributed by atoms with E-state index >= 15 is 0 Å². The van der Waals surface area contributed by atoms with Crippen molar-refractivity contribution < 1.29 is 48.0 Å². The number of allylic oxidation sites excluding steroid dienone is 2. The van der Waals surface area contributed by atoms with Crippen LogP contribution in [0.5, 0.6) is 0 Å². The van der Waals surface area contributed by atoms with Crippen LogP contribution >= 0.6 is 0 Å². The Hall–Kier alpha value is -2.91. The van der Waals surface area contributed by atoms with Gasteiger partial charge in [-0.25, -0.2) is 0 Å². The Kier molecular flexibility index (Phi) is 8.74.